The van der Waals surface area contributed by atoms with E-state index in [1.807, 2.05) is 24.3 Å². The third-order valence-electron chi connectivity index (χ3n) is 7.04. The smallest absolute Gasteiger partial charge is 0.322 e. The number of benzene rings is 2. The lowest BCUT2D eigenvalue weighted by atomic mass is 10.1. The molecule has 3 aromatic rings. The van der Waals surface area contributed by atoms with E-state index in [0.717, 1.165) is 16.8 Å². The predicted octanol–water partition coefficient (Wildman–Crippen LogP) is 1.97. The standard InChI is InChI=1S/C31H35N7O6S/c1-21(2)28(30(40)41)36-45(43,44)38-17-15-37(16-18-38)26-11-7-22(8-12-26)3-4-23-13-14-33-27(19-23)29(39)34-20-24-5-9-25(10-6-24)35-31(32)42/h5-14,19,21,28,36H,15-18,20H2,1-2H3,(H,34,39)(H,40,41)(H3,32,35,42)/t28-/m1/s1. The first-order valence-electron chi connectivity index (χ1n) is 14.2. The molecule has 6 N–H and O–H groups in total. The van der Waals surface area contributed by atoms with Crippen LogP contribution in [0.25, 0.3) is 0 Å². The highest BCUT2D eigenvalue weighted by atomic mass is 32.2. The zero-order valence-corrected chi connectivity index (χ0v) is 25.7. The molecule has 2 heterocycles. The van der Waals surface area contributed by atoms with Crippen molar-refractivity contribution in [1.29, 1.82) is 0 Å². The highest BCUT2D eigenvalue weighted by Gasteiger charge is 2.33. The fourth-order valence-corrected chi connectivity index (χ4v) is 6.03. The summed E-state index contributed by atoms with van der Waals surface area (Å²) in [5, 5.41) is 14.6. The number of carbonyl (C=O) groups is 3. The van der Waals surface area contributed by atoms with Gasteiger partial charge in [0.25, 0.3) is 16.1 Å². The molecule has 0 radical (unpaired) electrons. The average molecular weight is 634 g/mol. The molecule has 1 fully saturated rings. The van der Waals surface area contributed by atoms with Crippen LogP contribution in [-0.2, 0) is 21.5 Å². The Bertz CT molecular complexity index is 1690. The lowest BCUT2D eigenvalue weighted by molar-refractivity contribution is -0.140. The molecular weight excluding hydrogens is 598 g/mol. The summed E-state index contributed by atoms with van der Waals surface area (Å²) in [6.45, 7) is 4.92. The van der Waals surface area contributed by atoms with Crippen molar-refractivity contribution in [2.24, 2.45) is 11.7 Å². The van der Waals surface area contributed by atoms with E-state index in [4.69, 9.17) is 5.73 Å². The van der Waals surface area contributed by atoms with Gasteiger partial charge in [0.15, 0.2) is 0 Å². The van der Waals surface area contributed by atoms with Gasteiger partial charge in [-0.05, 0) is 60.0 Å². The van der Waals surface area contributed by atoms with Crippen LogP contribution in [0.5, 0.6) is 0 Å². The van der Waals surface area contributed by atoms with Crippen LogP contribution in [-0.4, -0.2) is 72.9 Å². The summed E-state index contributed by atoms with van der Waals surface area (Å²) in [7, 11) is -3.94. The van der Waals surface area contributed by atoms with E-state index in [2.05, 4.69) is 37.1 Å². The molecule has 236 valence electrons. The average Bonchev–Trinajstić information content (AvgIpc) is 3.02. The number of carboxylic acid groups (broad SMARTS) is 1. The number of primary amides is 1. The molecule has 1 atom stereocenters. The first kappa shape index (κ1) is 32.9. The minimum atomic E-state index is -3.94. The van der Waals surface area contributed by atoms with Gasteiger partial charge in [0.1, 0.15) is 11.7 Å². The normalized spacial score (nSPS) is 14.2. The Hall–Kier alpha value is -4.97. The van der Waals surface area contributed by atoms with E-state index in [1.165, 1.54) is 10.5 Å². The number of nitrogens with two attached hydrogens (primary N) is 1. The summed E-state index contributed by atoms with van der Waals surface area (Å²) in [4.78, 5) is 41.2. The number of urea groups is 1. The number of aliphatic carboxylic acids is 1. The number of nitrogens with zero attached hydrogens (tertiary/aromatic N) is 3. The van der Waals surface area contributed by atoms with Gasteiger partial charge in [-0.2, -0.15) is 17.4 Å². The summed E-state index contributed by atoms with van der Waals surface area (Å²) < 4.78 is 29.1. The monoisotopic (exact) mass is 633 g/mol. The first-order valence-corrected chi connectivity index (χ1v) is 15.6. The van der Waals surface area contributed by atoms with Gasteiger partial charge in [-0.1, -0.05) is 37.8 Å². The van der Waals surface area contributed by atoms with Crippen molar-refractivity contribution in [2.45, 2.75) is 26.4 Å². The van der Waals surface area contributed by atoms with Gasteiger partial charge in [0.2, 0.25) is 0 Å². The molecule has 1 aromatic heterocycles. The van der Waals surface area contributed by atoms with Gasteiger partial charge in [0.05, 0.1) is 0 Å². The second-order valence-corrected chi connectivity index (χ2v) is 12.4. The van der Waals surface area contributed by atoms with E-state index in [-0.39, 0.29) is 31.2 Å². The van der Waals surface area contributed by atoms with Crippen LogP contribution in [0.3, 0.4) is 0 Å². The number of carboxylic acids is 1. The first-order chi connectivity index (χ1) is 21.4. The molecule has 4 rings (SSSR count). The zero-order chi connectivity index (χ0) is 32.6. The zero-order valence-electron chi connectivity index (χ0n) is 24.9. The van der Waals surface area contributed by atoms with Crippen LogP contribution < -0.4 is 26.0 Å². The molecule has 1 aliphatic heterocycles. The van der Waals surface area contributed by atoms with Crippen molar-refractivity contribution < 1.29 is 27.9 Å². The Kier molecular flexibility index (Phi) is 10.7. The number of amides is 3. The van der Waals surface area contributed by atoms with Gasteiger partial charge >= 0.3 is 12.0 Å². The Balaban J connectivity index is 1.30. The molecule has 0 aliphatic carbocycles. The van der Waals surface area contributed by atoms with Crippen molar-refractivity contribution in [3.05, 3.63) is 89.2 Å². The van der Waals surface area contributed by atoms with E-state index in [0.29, 0.717) is 24.3 Å². The number of pyridine rings is 1. The van der Waals surface area contributed by atoms with Gasteiger partial charge in [-0.25, -0.2) is 4.79 Å². The fraction of sp³-hybridized carbons (Fsp3) is 0.290. The SMILES string of the molecule is CC(C)[C@@H](NS(=O)(=O)N1CCN(c2ccc(C#Cc3ccnc(C(=O)NCc4ccc(NC(N)=O)cc4)c3)cc2)CC1)C(=O)O. The summed E-state index contributed by atoms with van der Waals surface area (Å²) >= 11 is 0. The lowest BCUT2D eigenvalue weighted by Crippen LogP contribution is -2.55. The van der Waals surface area contributed by atoms with Gasteiger partial charge in [-0.15, -0.1) is 0 Å². The Morgan fingerprint density at radius 3 is 2.20 bits per heavy atom. The van der Waals surface area contributed by atoms with E-state index < -0.39 is 34.2 Å². The number of aromatic nitrogens is 1. The van der Waals surface area contributed by atoms with Crippen molar-refractivity contribution in [1.82, 2.24) is 19.3 Å². The highest BCUT2D eigenvalue weighted by Crippen LogP contribution is 2.19. The maximum absolute atomic E-state index is 12.7. The topological polar surface area (TPSA) is 187 Å². The van der Waals surface area contributed by atoms with Crippen molar-refractivity contribution in [2.75, 3.05) is 36.4 Å². The molecular formula is C31H35N7O6S. The molecule has 14 heteroatoms. The van der Waals surface area contributed by atoms with Crippen LogP contribution in [0.4, 0.5) is 16.2 Å². The minimum Gasteiger partial charge on any atom is -0.480 e. The van der Waals surface area contributed by atoms with Gasteiger partial charge < -0.3 is 26.4 Å². The number of rotatable bonds is 10. The summed E-state index contributed by atoms with van der Waals surface area (Å²) in [6, 6.07) is 15.9. The molecule has 13 nitrogen and oxygen atoms in total. The Labute approximate surface area is 262 Å². The summed E-state index contributed by atoms with van der Waals surface area (Å²) in [5.74, 6) is 4.19. The molecule has 45 heavy (non-hydrogen) atoms. The Morgan fingerprint density at radius 2 is 1.60 bits per heavy atom. The molecule has 1 aliphatic rings. The lowest BCUT2D eigenvalue weighted by Gasteiger charge is -2.36. The summed E-state index contributed by atoms with van der Waals surface area (Å²) in [6.07, 6.45) is 1.52. The van der Waals surface area contributed by atoms with Crippen molar-refractivity contribution in [3.63, 3.8) is 0 Å². The number of nitrogens with one attached hydrogen (secondary N) is 3. The molecule has 1 saturated heterocycles. The van der Waals surface area contributed by atoms with E-state index in [9.17, 15) is 27.9 Å². The second-order valence-electron chi connectivity index (χ2n) is 10.7. The number of piperazine rings is 1. The molecule has 0 spiro atoms. The molecule has 0 bridgehead atoms. The van der Waals surface area contributed by atoms with Gasteiger partial charge in [-0.3, -0.25) is 14.6 Å². The third-order valence-corrected chi connectivity index (χ3v) is 8.63. The molecule has 0 unspecified atom stereocenters. The van der Waals surface area contributed by atoms with Gasteiger partial charge in [0, 0.05) is 61.4 Å². The number of anilines is 2. The van der Waals surface area contributed by atoms with Crippen molar-refractivity contribution >= 4 is 39.5 Å². The van der Waals surface area contributed by atoms with Crippen LogP contribution in [0, 0.1) is 17.8 Å². The van der Waals surface area contributed by atoms with Crippen LogP contribution >= 0.6 is 0 Å². The highest BCUT2D eigenvalue weighted by molar-refractivity contribution is 7.87. The van der Waals surface area contributed by atoms with E-state index in [1.54, 1.807) is 50.2 Å². The largest absolute Gasteiger partial charge is 0.480 e. The number of carbonyl (C=O) groups excluding carboxylic acids is 2. The molecule has 3 amide bonds. The van der Waals surface area contributed by atoms with Crippen molar-refractivity contribution in [3.8, 4) is 11.8 Å². The molecule has 2 aromatic carbocycles. The van der Waals surface area contributed by atoms with Crippen LogP contribution in [0.2, 0.25) is 0 Å². The second kappa shape index (κ2) is 14.7. The number of hydrogen-bond donors (Lipinski definition) is 5. The minimum absolute atomic E-state index is 0.222. The van der Waals surface area contributed by atoms with Crippen LogP contribution in [0.1, 0.15) is 41.0 Å². The van der Waals surface area contributed by atoms with E-state index >= 15 is 0 Å². The summed E-state index contributed by atoms with van der Waals surface area (Å²) in [5.41, 5.74) is 9.01. The predicted molar refractivity (Wildman–Crippen MR) is 170 cm³/mol. The maximum Gasteiger partial charge on any atom is 0.322 e. The molecule has 0 saturated carbocycles. The van der Waals surface area contributed by atoms with Crippen LogP contribution in [0.15, 0.2) is 66.9 Å². The maximum atomic E-state index is 12.7. The third kappa shape index (κ3) is 9.26. The Morgan fingerprint density at radius 1 is 0.956 bits per heavy atom. The quantitative estimate of drug-likeness (QED) is 0.210. The number of hydrogen-bond acceptors (Lipinski definition) is 7. The fourth-order valence-electron chi connectivity index (χ4n) is 4.55.